The minimum absolute atomic E-state index is 0.211. The van der Waals surface area contributed by atoms with Gasteiger partial charge >= 0.3 is 0 Å². The van der Waals surface area contributed by atoms with Crippen LogP contribution >= 0.6 is 11.6 Å². The molecule has 0 amide bonds. The molecule has 0 spiro atoms. The van der Waals surface area contributed by atoms with E-state index in [1.807, 2.05) is 24.3 Å². The summed E-state index contributed by atoms with van der Waals surface area (Å²) in [6.07, 6.45) is 0. The first-order valence-corrected chi connectivity index (χ1v) is 6.21. The second kappa shape index (κ2) is 5.93. The molecule has 0 radical (unpaired) electrons. The quantitative estimate of drug-likeness (QED) is 0.783. The molecule has 0 aliphatic carbocycles. The number of hydrogen-bond donors (Lipinski definition) is 0. The van der Waals surface area contributed by atoms with Crippen LogP contribution in [0.5, 0.6) is 11.5 Å². The Morgan fingerprint density at radius 1 is 0.947 bits per heavy atom. The Bertz CT molecular complexity index is 555. The zero-order valence-corrected chi connectivity index (χ0v) is 11.4. The fourth-order valence-corrected chi connectivity index (χ4v) is 2.09. The van der Waals surface area contributed by atoms with E-state index >= 15 is 0 Å². The Morgan fingerprint density at radius 2 is 1.58 bits per heavy atom. The van der Waals surface area contributed by atoms with Gasteiger partial charge in [-0.05, 0) is 35.4 Å². The van der Waals surface area contributed by atoms with Crippen LogP contribution in [0, 0.1) is 5.82 Å². The molecule has 2 nitrogen and oxygen atoms in total. The van der Waals surface area contributed by atoms with Gasteiger partial charge < -0.3 is 9.47 Å². The number of benzene rings is 2. The zero-order valence-electron chi connectivity index (χ0n) is 10.7. The fraction of sp³-hybridized carbons (Fsp3) is 0.200. The van der Waals surface area contributed by atoms with Gasteiger partial charge in [-0.15, -0.1) is 11.6 Å². The summed E-state index contributed by atoms with van der Waals surface area (Å²) in [5, 5.41) is -0.411. The molecular weight excluding hydrogens is 267 g/mol. The number of rotatable bonds is 4. The summed E-state index contributed by atoms with van der Waals surface area (Å²) in [5.74, 6) is 0.551. The molecule has 0 fully saturated rings. The molecule has 0 saturated carbocycles. The van der Waals surface area contributed by atoms with Crippen molar-refractivity contribution < 1.29 is 13.9 Å². The van der Waals surface area contributed by atoms with Crippen LogP contribution in [0.15, 0.2) is 42.5 Å². The molecule has 0 bridgehead atoms. The highest BCUT2D eigenvalue weighted by atomic mass is 35.5. The molecule has 0 aliphatic heterocycles. The van der Waals surface area contributed by atoms with Crippen LogP contribution in [0.2, 0.25) is 0 Å². The van der Waals surface area contributed by atoms with Gasteiger partial charge in [-0.3, -0.25) is 0 Å². The van der Waals surface area contributed by atoms with E-state index in [9.17, 15) is 4.39 Å². The highest BCUT2D eigenvalue weighted by Crippen LogP contribution is 2.32. The summed E-state index contributed by atoms with van der Waals surface area (Å²) < 4.78 is 23.6. The van der Waals surface area contributed by atoms with Crippen molar-refractivity contribution in [3.05, 3.63) is 59.4 Å². The maximum absolute atomic E-state index is 13.6. The normalized spacial score (nSPS) is 12.0. The Balaban J connectivity index is 2.27. The molecule has 2 aromatic carbocycles. The lowest BCUT2D eigenvalue weighted by atomic mass is 10.0. The number of ether oxygens (including phenoxy) is 2. The highest BCUT2D eigenvalue weighted by molar-refractivity contribution is 6.22. The summed E-state index contributed by atoms with van der Waals surface area (Å²) in [5.41, 5.74) is 1.57. The minimum atomic E-state index is -0.417. The number of halogens is 2. The molecule has 1 unspecified atom stereocenters. The summed E-state index contributed by atoms with van der Waals surface area (Å²) in [7, 11) is 3.03. The molecule has 2 rings (SSSR count). The van der Waals surface area contributed by atoms with Crippen LogP contribution in [-0.2, 0) is 0 Å². The predicted octanol–water partition coefficient (Wildman–Crippen LogP) is 4.17. The van der Waals surface area contributed by atoms with Crippen LogP contribution < -0.4 is 9.47 Å². The molecular formula is C15H14ClFO2. The van der Waals surface area contributed by atoms with Crippen molar-refractivity contribution in [3.63, 3.8) is 0 Å². The van der Waals surface area contributed by atoms with E-state index in [0.717, 1.165) is 11.3 Å². The van der Waals surface area contributed by atoms with Gasteiger partial charge in [-0.25, -0.2) is 4.39 Å². The van der Waals surface area contributed by atoms with Crippen LogP contribution in [0.3, 0.4) is 0 Å². The van der Waals surface area contributed by atoms with Crippen molar-refractivity contribution in [2.75, 3.05) is 14.2 Å². The summed E-state index contributed by atoms with van der Waals surface area (Å²) in [6.45, 7) is 0. The third-order valence-electron chi connectivity index (χ3n) is 2.88. The molecule has 1 atom stereocenters. The Labute approximate surface area is 116 Å². The van der Waals surface area contributed by atoms with E-state index in [-0.39, 0.29) is 5.75 Å². The van der Waals surface area contributed by atoms with Gasteiger partial charge in [0.2, 0.25) is 0 Å². The average Bonchev–Trinajstić information content (AvgIpc) is 2.46. The molecule has 0 N–H and O–H groups in total. The third kappa shape index (κ3) is 2.99. The van der Waals surface area contributed by atoms with Crippen molar-refractivity contribution >= 4 is 11.6 Å². The minimum Gasteiger partial charge on any atom is -0.497 e. The van der Waals surface area contributed by atoms with Gasteiger partial charge in [0.15, 0.2) is 11.6 Å². The first-order valence-electron chi connectivity index (χ1n) is 5.77. The maximum atomic E-state index is 13.6. The van der Waals surface area contributed by atoms with Crippen molar-refractivity contribution in [2.45, 2.75) is 5.38 Å². The smallest absolute Gasteiger partial charge is 0.165 e. The largest absolute Gasteiger partial charge is 0.497 e. The van der Waals surface area contributed by atoms with E-state index in [0.29, 0.717) is 5.56 Å². The standard InChI is InChI=1S/C15H14ClFO2/c1-18-12-6-3-10(4-7-12)15(16)11-5-8-14(19-2)13(17)9-11/h3-9,15H,1-2H3. The van der Waals surface area contributed by atoms with Crippen molar-refractivity contribution in [3.8, 4) is 11.5 Å². The van der Waals surface area contributed by atoms with E-state index in [2.05, 4.69) is 0 Å². The predicted molar refractivity (Wildman–Crippen MR) is 73.6 cm³/mol. The van der Waals surface area contributed by atoms with Crippen molar-refractivity contribution in [1.82, 2.24) is 0 Å². The van der Waals surface area contributed by atoms with Gasteiger partial charge in [0.05, 0.1) is 19.6 Å². The Hall–Kier alpha value is -1.74. The molecule has 0 aromatic heterocycles. The molecule has 19 heavy (non-hydrogen) atoms. The van der Waals surface area contributed by atoms with Gasteiger partial charge in [0.25, 0.3) is 0 Å². The van der Waals surface area contributed by atoms with Gasteiger partial charge in [-0.2, -0.15) is 0 Å². The zero-order chi connectivity index (χ0) is 13.8. The monoisotopic (exact) mass is 280 g/mol. The van der Waals surface area contributed by atoms with Crippen LogP contribution in [0.4, 0.5) is 4.39 Å². The van der Waals surface area contributed by atoms with E-state index in [4.69, 9.17) is 21.1 Å². The van der Waals surface area contributed by atoms with E-state index < -0.39 is 11.2 Å². The number of methoxy groups -OCH3 is 2. The van der Waals surface area contributed by atoms with Crippen molar-refractivity contribution in [2.24, 2.45) is 0 Å². The fourth-order valence-electron chi connectivity index (χ4n) is 1.81. The van der Waals surface area contributed by atoms with Crippen molar-refractivity contribution in [1.29, 1.82) is 0 Å². The second-order valence-electron chi connectivity index (χ2n) is 4.03. The Kier molecular flexibility index (Phi) is 4.27. The van der Waals surface area contributed by atoms with Gasteiger partial charge in [0, 0.05) is 0 Å². The van der Waals surface area contributed by atoms with Crippen LogP contribution in [-0.4, -0.2) is 14.2 Å². The third-order valence-corrected chi connectivity index (χ3v) is 3.38. The first kappa shape index (κ1) is 13.7. The van der Waals surface area contributed by atoms with Crippen LogP contribution in [0.1, 0.15) is 16.5 Å². The molecule has 4 heteroatoms. The molecule has 0 aliphatic rings. The average molecular weight is 281 g/mol. The second-order valence-corrected chi connectivity index (χ2v) is 4.47. The molecule has 0 heterocycles. The summed E-state index contributed by atoms with van der Waals surface area (Å²) in [6, 6.07) is 12.1. The molecule has 0 saturated heterocycles. The topological polar surface area (TPSA) is 18.5 Å². The number of alkyl halides is 1. The Morgan fingerprint density at radius 3 is 2.11 bits per heavy atom. The van der Waals surface area contributed by atoms with Gasteiger partial charge in [0.1, 0.15) is 5.75 Å². The summed E-state index contributed by atoms with van der Waals surface area (Å²) >= 11 is 6.35. The van der Waals surface area contributed by atoms with E-state index in [1.165, 1.54) is 13.2 Å². The lowest BCUT2D eigenvalue weighted by Crippen LogP contribution is -1.96. The van der Waals surface area contributed by atoms with Crippen LogP contribution in [0.25, 0.3) is 0 Å². The SMILES string of the molecule is COc1ccc(C(Cl)c2ccc(OC)c(F)c2)cc1. The highest BCUT2D eigenvalue weighted by Gasteiger charge is 2.13. The van der Waals surface area contributed by atoms with Gasteiger partial charge in [-0.1, -0.05) is 18.2 Å². The first-order chi connectivity index (χ1) is 9.15. The lowest BCUT2D eigenvalue weighted by Gasteiger charge is -2.12. The molecule has 2 aromatic rings. The summed E-state index contributed by atoms with van der Waals surface area (Å²) in [4.78, 5) is 0. The lowest BCUT2D eigenvalue weighted by molar-refractivity contribution is 0.386. The number of hydrogen-bond acceptors (Lipinski definition) is 2. The van der Waals surface area contributed by atoms with E-state index in [1.54, 1.807) is 19.2 Å². The maximum Gasteiger partial charge on any atom is 0.165 e. The molecule has 100 valence electrons.